The second-order valence-corrected chi connectivity index (χ2v) is 5.99. The van der Waals surface area contributed by atoms with E-state index in [9.17, 15) is 14.0 Å². The third-order valence-corrected chi connectivity index (χ3v) is 3.58. The van der Waals surface area contributed by atoms with Gasteiger partial charge in [-0.3, -0.25) is 9.59 Å². The SMILES string of the molecule is CN(C)CC(NC(=O)CNC(=O)c1cccc(F)c1)c1ccccc1. The van der Waals surface area contributed by atoms with Gasteiger partial charge in [0.1, 0.15) is 5.82 Å². The molecule has 0 heterocycles. The zero-order valence-electron chi connectivity index (χ0n) is 14.3. The first-order valence-corrected chi connectivity index (χ1v) is 7.98. The van der Waals surface area contributed by atoms with Gasteiger partial charge in [-0.15, -0.1) is 0 Å². The lowest BCUT2D eigenvalue weighted by Gasteiger charge is -2.23. The Hall–Kier alpha value is -2.73. The van der Waals surface area contributed by atoms with Crippen LogP contribution in [0, 0.1) is 5.82 Å². The molecule has 1 atom stereocenters. The van der Waals surface area contributed by atoms with E-state index < -0.39 is 11.7 Å². The lowest BCUT2D eigenvalue weighted by atomic mass is 10.1. The number of amides is 2. The van der Waals surface area contributed by atoms with Gasteiger partial charge in [-0.25, -0.2) is 4.39 Å². The predicted octanol–water partition coefficient (Wildman–Crippen LogP) is 1.97. The molecule has 25 heavy (non-hydrogen) atoms. The Morgan fingerprint density at radius 3 is 2.44 bits per heavy atom. The second kappa shape index (κ2) is 8.94. The summed E-state index contributed by atoms with van der Waals surface area (Å²) in [5, 5.41) is 5.42. The fraction of sp³-hybridized carbons (Fsp3) is 0.263. The Bertz CT molecular complexity index is 720. The molecule has 0 fully saturated rings. The van der Waals surface area contributed by atoms with Crippen LogP contribution in [0.5, 0.6) is 0 Å². The minimum Gasteiger partial charge on any atom is -0.346 e. The first-order chi connectivity index (χ1) is 12.0. The molecule has 2 amide bonds. The van der Waals surface area contributed by atoms with Gasteiger partial charge in [0.25, 0.3) is 5.91 Å². The van der Waals surface area contributed by atoms with Crippen molar-refractivity contribution in [2.24, 2.45) is 0 Å². The number of nitrogens with zero attached hydrogens (tertiary/aromatic N) is 1. The first-order valence-electron chi connectivity index (χ1n) is 7.98. The fourth-order valence-corrected chi connectivity index (χ4v) is 2.42. The number of rotatable bonds is 7. The molecule has 2 aromatic rings. The third-order valence-electron chi connectivity index (χ3n) is 3.58. The van der Waals surface area contributed by atoms with Gasteiger partial charge in [0, 0.05) is 12.1 Å². The van der Waals surface area contributed by atoms with E-state index in [1.807, 2.05) is 49.3 Å². The van der Waals surface area contributed by atoms with Crippen molar-refractivity contribution in [3.05, 3.63) is 71.5 Å². The Balaban J connectivity index is 1.93. The van der Waals surface area contributed by atoms with E-state index in [-0.39, 0.29) is 24.1 Å². The molecule has 0 aromatic heterocycles. The Labute approximate surface area is 146 Å². The van der Waals surface area contributed by atoms with Crippen LogP contribution >= 0.6 is 0 Å². The summed E-state index contributed by atoms with van der Waals surface area (Å²) >= 11 is 0. The van der Waals surface area contributed by atoms with Crippen molar-refractivity contribution in [3.63, 3.8) is 0 Å². The van der Waals surface area contributed by atoms with Crippen LogP contribution in [0.2, 0.25) is 0 Å². The highest BCUT2D eigenvalue weighted by molar-refractivity contribution is 5.96. The van der Waals surface area contributed by atoms with Crippen molar-refractivity contribution in [2.75, 3.05) is 27.2 Å². The molecule has 0 saturated heterocycles. The van der Waals surface area contributed by atoms with Crippen molar-refractivity contribution in [2.45, 2.75) is 6.04 Å². The summed E-state index contributed by atoms with van der Waals surface area (Å²) in [5.74, 6) is -1.29. The van der Waals surface area contributed by atoms with E-state index in [2.05, 4.69) is 10.6 Å². The molecule has 1 unspecified atom stereocenters. The normalized spacial score (nSPS) is 11.8. The number of halogens is 1. The highest BCUT2D eigenvalue weighted by atomic mass is 19.1. The van der Waals surface area contributed by atoms with Gasteiger partial charge in [-0.05, 0) is 37.9 Å². The third kappa shape index (κ3) is 6.00. The van der Waals surface area contributed by atoms with Crippen molar-refractivity contribution in [1.29, 1.82) is 0 Å². The summed E-state index contributed by atoms with van der Waals surface area (Å²) in [5.41, 5.74) is 1.17. The van der Waals surface area contributed by atoms with Gasteiger partial charge in [0.15, 0.2) is 0 Å². The zero-order chi connectivity index (χ0) is 18.2. The van der Waals surface area contributed by atoms with Crippen LogP contribution < -0.4 is 10.6 Å². The summed E-state index contributed by atoms with van der Waals surface area (Å²) in [6.07, 6.45) is 0. The maximum atomic E-state index is 13.1. The smallest absolute Gasteiger partial charge is 0.251 e. The largest absolute Gasteiger partial charge is 0.346 e. The molecule has 0 saturated carbocycles. The molecule has 132 valence electrons. The summed E-state index contributed by atoms with van der Waals surface area (Å²) in [6.45, 7) is 0.458. The average Bonchev–Trinajstić information content (AvgIpc) is 2.59. The molecule has 0 spiro atoms. The summed E-state index contributed by atoms with van der Waals surface area (Å²) in [6, 6.07) is 14.8. The van der Waals surface area contributed by atoms with E-state index in [0.29, 0.717) is 6.54 Å². The van der Waals surface area contributed by atoms with E-state index in [1.165, 1.54) is 18.2 Å². The Morgan fingerprint density at radius 1 is 1.08 bits per heavy atom. The van der Waals surface area contributed by atoms with Gasteiger partial charge in [0.05, 0.1) is 12.6 Å². The van der Waals surface area contributed by atoms with Crippen LogP contribution in [0.25, 0.3) is 0 Å². The Morgan fingerprint density at radius 2 is 1.80 bits per heavy atom. The minimum atomic E-state index is -0.493. The van der Waals surface area contributed by atoms with E-state index in [4.69, 9.17) is 0 Å². The lowest BCUT2D eigenvalue weighted by molar-refractivity contribution is -0.121. The molecule has 0 radical (unpaired) electrons. The van der Waals surface area contributed by atoms with E-state index >= 15 is 0 Å². The number of hydrogen-bond acceptors (Lipinski definition) is 3. The number of likely N-dealkylation sites (N-methyl/N-ethyl adjacent to an activating group) is 1. The molecular formula is C19H22FN3O2. The predicted molar refractivity (Wildman–Crippen MR) is 94.6 cm³/mol. The van der Waals surface area contributed by atoms with Crippen LogP contribution in [-0.2, 0) is 4.79 Å². The standard InChI is InChI=1S/C19H22FN3O2/c1-23(2)13-17(14-7-4-3-5-8-14)22-18(24)12-21-19(25)15-9-6-10-16(20)11-15/h3-11,17H,12-13H2,1-2H3,(H,21,25)(H,22,24). The van der Waals surface area contributed by atoms with Gasteiger partial charge in [-0.1, -0.05) is 36.4 Å². The van der Waals surface area contributed by atoms with Crippen molar-refractivity contribution < 1.29 is 14.0 Å². The number of carbonyl (C=O) groups is 2. The zero-order valence-corrected chi connectivity index (χ0v) is 14.3. The fourth-order valence-electron chi connectivity index (χ4n) is 2.42. The summed E-state index contributed by atoms with van der Waals surface area (Å²) in [4.78, 5) is 26.1. The number of nitrogens with one attached hydrogen (secondary N) is 2. The maximum Gasteiger partial charge on any atom is 0.251 e. The summed E-state index contributed by atoms with van der Waals surface area (Å²) in [7, 11) is 3.85. The average molecular weight is 343 g/mol. The van der Waals surface area contributed by atoms with Crippen LogP contribution in [0.3, 0.4) is 0 Å². The molecule has 5 nitrogen and oxygen atoms in total. The number of hydrogen-bond donors (Lipinski definition) is 2. The van der Waals surface area contributed by atoms with Crippen LogP contribution in [-0.4, -0.2) is 43.9 Å². The van der Waals surface area contributed by atoms with Crippen molar-refractivity contribution >= 4 is 11.8 Å². The van der Waals surface area contributed by atoms with E-state index in [1.54, 1.807) is 0 Å². The van der Waals surface area contributed by atoms with Crippen LogP contribution in [0.1, 0.15) is 22.0 Å². The number of benzene rings is 2. The monoisotopic (exact) mass is 343 g/mol. The first kappa shape index (κ1) is 18.6. The topological polar surface area (TPSA) is 61.4 Å². The molecule has 2 rings (SSSR count). The molecular weight excluding hydrogens is 321 g/mol. The molecule has 2 N–H and O–H groups in total. The molecule has 6 heteroatoms. The highest BCUT2D eigenvalue weighted by Crippen LogP contribution is 2.13. The Kier molecular flexibility index (Phi) is 6.65. The molecule has 0 aliphatic carbocycles. The van der Waals surface area contributed by atoms with Gasteiger partial charge < -0.3 is 15.5 Å². The maximum absolute atomic E-state index is 13.1. The van der Waals surface area contributed by atoms with Crippen molar-refractivity contribution in [3.8, 4) is 0 Å². The van der Waals surface area contributed by atoms with Crippen molar-refractivity contribution in [1.82, 2.24) is 15.5 Å². The molecule has 2 aromatic carbocycles. The van der Waals surface area contributed by atoms with Gasteiger partial charge in [0.2, 0.25) is 5.91 Å². The second-order valence-electron chi connectivity index (χ2n) is 5.99. The minimum absolute atomic E-state index is 0.174. The van der Waals surface area contributed by atoms with Gasteiger partial charge in [-0.2, -0.15) is 0 Å². The molecule has 0 aliphatic rings. The van der Waals surface area contributed by atoms with Gasteiger partial charge >= 0.3 is 0 Å². The summed E-state index contributed by atoms with van der Waals surface area (Å²) < 4.78 is 13.1. The molecule has 0 bridgehead atoms. The van der Waals surface area contributed by atoms with Crippen LogP contribution in [0.15, 0.2) is 54.6 Å². The van der Waals surface area contributed by atoms with E-state index in [0.717, 1.165) is 11.6 Å². The van der Waals surface area contributed by atoms with Crippen LogP contribution in [0.4, 0.5) is 4.39 Å². The molecule has 0 aliphatic heterocycles. The quantitative estimate of drug-likeness (QED) is 0.808. The lowest BCUT2D eigenvalue weighted by Crippen LogP contribution is -2.41. The number of carbonyl (C=O) groups excluding carboxylic acids is 2. The highest BCUT2D eigenvalue weighted by Gasteiger charge is 2.16.